The zero-order chi connectivity index (χ0) is 19.5. The van der Waals surface area contributed by atoms with Crippen LogP contribution in [-0.2, 0) is 20.7 Å². The van der Waals surface area contributed by atoms with E-state index in [0.717, 1.165) is 37.1 Å². The van der Waals surface area contributed by atoms with Gasteiger partial charge in [0.25, 0.3) is 0 Å². The first-order chi connectivity index (χ1) is 13.6. The monoisotopic (exact) mass is 386 g/mol. The van der Waals surface area contributed by atoms with Crippen LogP contribution in [0.4, 0.5) is 0 Å². The Morgan fingerprint density at radius 3 is 2.79 bits per heavy atom. The third-order valence-electron chi connectivity index (χ3n) is 6.32. The number of methoxy groups -OCH3 is 1. The van der Waals surface area contributed by atoms with Crippen molar-refractivity contribution in [2.24, 2.45) is 11.8 Å². The maximum Gasteiger partial charge on any atom is 0.226 e. The molecule has 3 fully saturated rings. The van der Waals surface area contributed by atoms with E-state index in [4.69, 9.17) is 9.47 Å². The van der Waals surface area contributed by atoms with Gasteiger partial charge in [-0.15, -0.1) is 0 Å². The lowest BCUT2D eigenvalue weighted by Crippen LogP contribution is -2.50. The van der Waals surface area contributed by atoms with E-state index in [-0.39, 0.29) is 29.7 Å². The van der Waals surface area contributed by atoms with Gasteiger partial charge < -0.3 is 19.3 Å². The Bertz CT molecular complexity index is 718. The van der Waals surface area contributed by atoms with Crippen molar-refractivity contribution in [2.45, 2.75) is 38.1 Å². The summed E-state index contributed by atoms with van der Waals surface area (Å²) < 4.78 is 11.1. The lowest BCUT2D eigenvalue weighted by atomic mass is 9.84. The minimum atomic E-state index is -0.0126. The standard InChI is InChI=1S/C22H30N2O4/c1-27-20-7-2-4-16(10-20)8-9-21(25)23-11-17-12-24(19(13-23)15-28-14-17)22(26)18-5-3-6-18/h2,4,7,10,17-19H,3,5-6,8-9,11-15H2,1H3/t17-,19-/m0/s1. The summed E-state index contributed by atoms with van der Waals surface area (Å²) in [5, 5.41) is 0. The summed E-state index contributed by atoms with van der Waals surface area (Å²) in [5.74, 6) is 1.65. The molecule has 1 aromatic rings. The lowest BCUT2D eigenvalue weighted by Gasteiger charge is -2.35. The predicted molar refractivity (Wildman–Crippen MR) is 105 cm³/mol. The minimum absolute atomic E-state index is 0.0126. The second-order valence-corrected chi connectivity index (χ2v) is 8.33. The first kappa shape index (κ1) is 19.2. The molecule has 0 radical (unpaired) electrons. The molecule has 0 spiro atoms. The number of benzene rings is 1. The summed E-state index contributed by atoms with van der Waals surface area (Å²) in [6.45, 7) is 3.16. The van der Waals surface area contributed by atoms with E-state index in [0.29, 0.717) is 39.1 Å². The van der Waals surface area contributed by atoms with Crippen molar-refractivity contribution in [3.05, 3.63) is 29.8 Å². The molecule has 28 heavy (non-hydrogen) atoms. The number of amides is 2. The van der Waals surface area contributed by atoms with Gasteiger partial charge in [0.1, 0.15) is 5.75 Å². The SMILES string of the molecule is COc1cccc(CCC(=O)N2C[C@@H]3COC[C@H](C2)N(C(=O)C2CCC2)C3)c1. The average Bonchev–Trinajstić information content (AvgIpc) is 2.96. The van der Waals surface area contributed by atoms with E-state index in [1.165, 1.54) is 0 Å². The fourth-order valence-corrected chi connectivity index (χ4v) is 4.44. The maximum atomic E-state index is 12.9. The van der Waals surface area contributed by atoms with Crippen LogP contribution in [0, 0.1) is 11.8 Å². The van der Waals surface area contributed by atoms with Gasteiger partial charge in [0.05, 0.1) is 26.4 Å². The molecule has 152 valence electrons. The quantitative estimate of drug-likeness (QED) is 0.778. The van der Waals surface area contributed by atoms with E-state index >= 15 is 0 Å². The van der Waals surface area contributed by atoms with Crippen LogP contribution in [-0.4, -0.2) is 67.6 Å². The topological polar surface area (TPSA) is 59.1 Å². The predicted octanol–water partition coefficient (Wildman–Crippen LogP) is 2.11. The highest BCUT2D eigenvalue weighted by Gasteiger charge is 2.40. The number of aryl methyl sites for hydroxylation is 1. The largest absolute Gasteiger partial charge is 0.497 e. The molecule has 0 N–H and O–H groups in total. The molecule has 6 nitrogen and oxygen atoms in total. The van der Waals surface area contributed by atoms with Gasteiger partial charge in [-0.2, -0.15) is 0 Å². The molecular formula is C22H30N2O4. The van der Waals surface area contributed by atoms with Crippen LogP contribution in [0.25, 0.3) is 0 Å². The molecule has 2 heterocycles. The van der Waals surface area contributed by atoms with Crippen LogP contribution in [0.2, 0.25) is 0 Å². The van der Waals surface area contributed by atoms with Crippen molar-refractivity contribution in [1.29, 1.82) is 0 Å². The average molecular weight is 386 g/mol. The van der Waals surface area contributed by atoms with Gasteiger partial charge in [-0.25, -0.2) is 0 Å². The Morgan fingerprint density at radius 1 is 1.18 bits per heavy atom. The van der Waals surface area contributed by atoms with Gasteiger partial charge in [-0.3, -0.25) is 9.59 Å². The fraction of sp³-hybridized carbons (Fsp3) is 0.636. The molecule has 0 aromatic heterocycles. The smallest absolute Gasteiger partial charge is 0.226 e. The zero-order valence-corrected chi connectivity index (χ0v) is 16.6. The second-order valence-electron chi connectivity index (χ2n) is 8.33. The Kier molecular flexibility index (Phi) is 5.85. The molecule has 1 aliphatic carbocycles. The summed E-state index contributed by atoms with van der Waals surface area (Å²) in [4.78, 5) is 29.8. The van der Waals surface area contributed by atoms with Crippen molar-refractivity contribution in [1.82, 2.24) is 9.80 Å². The minimum Gasteiger partial charge on any atom is -0.497 e. The third kappa shape index (κ3) is 4.17. The van der Waals surface area contributed by atoms with Gasteiger partial charge in [0, 0.05) is 37.9 Å². The first-order valence-corrected chi connectivity index (χ1v) is 10.4. The van der Waals surface area contributed by atoms with Crippen molar-refractivity contribution >= 4 is 11.8 Å². The van der Waals surface area contributed by atoms with Crippen LogP contribution in [0.1, 0.15) is 31.2 Å². The highest BCUT2D eigenvalue weighted by Crippen LogP contribution is 2.31. The molecule has 1 aromatic carbocycles. The molecule has 0 unspecified atom stereocenters. The molecule has 2 amide bonds. The summed E-state index contributed by atoms with van der Waals surface area (Å²) in [5.41, 5.74) is 1.10. The van der Waals surface area contributed by atoms with Crippen molar-refractivity contribution in [3.63, 3.8) is 0 Å². The highest BCUT2D eigenvalue weighted by atomic mass is 16.5. The summed E-state index contributed by atoms with van der Waals surface area (Å²) >= 11 is 0. The van der Waals surface area contributed by atoms with Gasteiger partial charge in [0.15, 0.2) is 0 Å². The molecule has 2 aliphatic heterocycles. The molecule has 2 atom stereocenters. The fourth-order valence-electron chi connectivity index (χ4n) is 4.44. The molecule has 1 saturated carbocycles. The summed E-state index contributed by atoms with van der Waals surface area (Å²) in [6, 6.07) is 7.86. The van der Waals surface area contributed by atoms with E-state index in [1.807, 2.05) is 34.1 Å². The van der Waals surface area contributed by atoms with Gasteiger partial charge in [-0.1, -0.05) is 18.6 Å². The van der Waals surface area contributed by atoms with Gasteiger partial charge in [-0.05, 0) is 37.0 Å². The van der Waals surface area contributed by atoms with Crippen LogP contribution in [0.15, 0.2) is 24.3 Å². The third-order valence-corrected chi connectivity index (χ3v) is 6.32. The van der Waals surface area contributed by atoms with Crippen molar-refractivity contribution in [3.8, 4) is 5.75 Å². The van der Waals surface area contributed by atoms with Crippen LogP contribution < -0.4 is 4.74 Å². The number of hydrogen-bond donors (Lipinski definition) is 0. The Labute approximate surface area is 166 Å². The van der Waals surface area contributed by atoms with E-state index in [9.17, 15) is 9.59 Å². The molecule has 3 aliphatic rings. The normalized spacial score (nSPS) is 25.0. The number of carbonyl (C=O) groups is 2. The summed E-state index contributed by atoms with van der Waals surface area (Å²) in [6.07, 6.45) is 4.35. The number of ether oxygens (including phenoxy) is 2. The lowest BCUT2D eigenvalue weighted by molar-refractivity contribution is -0.142. The van der Waals surface area contributed by atoms with Gasteiger partial charge >= 0.3 is 0 Å². The number of carbonyl (C=O) groups excluding carboxylic acids is 2. The van der Waals surface area contributed by atoms with E-state index in [2.05, 4.69) is 0 Å². The second kappa shape index (κ2) is 8.52. The molecule has 2 saturated heterocycles. The molecular weight excluding hydrogens is 356 g/mol. The van der Waals surface area contributed by atoms with E-state index in [1.54, 1.807) is 7.11 Å². The van der Waals surface area contributed by atoms with E-state index < -0.39 is 0 Å². The molecule has 6 heteroatoms. The zero-order valence-electron chi connectivity index (χ0n) is 16.6. The number of rotatable bonds is 5. The first-order valence-electron chi connectivity index (χ1n) is 10.4. The van der Waals surface area contributed by atoms with Crippen molar-refractivity contribution in [2.75, 3.05) is 40.0 Å². The van der Waals surface area contributed by atoms with Crippen LogP contribution in [0.3, 0.4) is 0 Å². The van der Waals surface area contributed by atoms with Crippen LogP contribution in [0.5, 0.6) is 5.75 Å². The number of nitrogens with zero attached hydrogens (tertiary/aromatic N) is 2. The number of fused-ring (bicyclic) bond motifs is 3. The maximum absolute atomic E-state index is 12.9. The summed E-state index contributed by atoms with van der Waals surface area (Å²) in [7, 11) is 1.65. The van der Waals surface area contributed by atoms with Crippen LogP contribution >= 0.6 is 0 Å². The van der Waals surface area contributed by atoms with Gasteiger partial charge in [0.2, 0.25) is 11.8 Å². The molecule has 2 bridgehead atoms. The highest BCUT2D eigenvalue weighted by molar-refractivity contribution is 5.80. The Balaban J connectivity index is 1.39. The Morgan fingerprint density at radius 2 is 2.04 bits per heavy atom. The Hall–Kier alpha value is -2.08. The molecule has 4 rings (SSSR count). The number of hydrogen-bond acceptors (Lipinski definition) is 4. The van der Waals surface area contributed by atoms with Crippen molar-refractivity contribution < 1.29 is 19.1 Å².